The molecule has 6 nitrogen and oxygen atoms in total. The van der Waals surface area contributed by atoms with Gasteiger partial charge in [0.15, 0.2) is 5.16 Å². The number of carbonyl (C=O) groups excluding carboxylic acids is 1. The molecule has 0 aromatic carbocycles. The molecule has 0 bridgehead atoms. The minimum atomic E-state index is -0.116. The zero-order chi connectivity index (χ0) is 18.4. The highest BCUT2D eigenvalue weighted by molar-refractivity contribution is 7.99. The van der Waals surface area contributed by atoms with E-state index in [0.29, 0.717) is 23.7 Å². The van der Waals surface area contributed by atoms with Gasteiger partial charge in [-0.1, -0.05) is 24.8 Å². The Balaban J connectivity index is 2.23. The van der Waals surface area contributed by atoms with Gasteiger partial charge >= 0.3 is 0 Å². The van der Waals surface area contributed by atoms with Crippen molar-refractivity contribution in [2.45, 2.75) is 38.0 Å². The second kappa shape index (κ2) is 9.17. The van der Waals surface area contributed by atoms with E-state index < -0.39 is 0 Å². The van der Waals surface area contributed by atoms with E-state index in [2.05, 4.69) is 16.9 Å². The molecule has 8 heteroatoms. The number of amides is 1. The number of aryl methyl sites for hydroxylation is 1. The van der Waals surface area contributed by atoms with E-state index in [1.165, 1.54) is 23.1 Å². The lowest BCUT2D eigenvalue weighted by Gasteiger charge is -2.13. The standard InChI is InChI=1S/C17H23N3O3S2/c1-5-7-20-16(22)13-8-12(6-2)25-15(13)19-17(20)24-10-14(21)18-11(3)9-23-4/h5,8,11H,1,6-7,9-10H2,2-4H3,(H,18,21)/t11-/m1/s1. The van der Waals surface area contributed by atoms with Crippen molar-refractivity contribution in [3.63, 3.8) is 0 Å². The second-order valence-electron chi connectivity index (χ2n) is 5.60. The molecule has 0 aliphatic heterocycles. The molecule has 136 valence electrons. The quantitative estimate of drug-likeness (QED) is 0.410. The monoisotopic (exact) mass is 381 g/mol. The van der Waals surface area contributed by atoms with Gasteiger partial charge < -0.3 is 10.1 Å². The molecular weight excluding hydrogens is 358 g/mol. The summed E-state index contributed by atoms with van der Waals surface area (Å²) in [6.07, 6.45) is 2.52. The van der Waals surface area contributed by atoms with Crippen molar-refractivity contribution < 1.29 is 9.53 Å². The zero-order valence-corrected chi connectivity index (χ0v) is 16.3. The summed E-state index contributed by atoms with van der Waals surface area (Å²) in [6.45, 7) is 8.45. The molecule has 0 radical (unpaired) electrons. The number of hydrogen-bond acceptors (Lipinski definition) is 6. The second-order valence-corrected chi connectivity index (χ2v) is 7.65. The third-order valence-electron chi connectivity index (χ3n) is 3.48. The lowest BCUT2D eigenvalue weighted by Crippen LogP contribution is -2.36. The SMILES string of the molecule is C=CCn1c(SCC(=O)N[C@H](C)COC)nc2sc(CC)cc2c1=O. The first-order valence-corrected chi connectivity index (χ1v) is 9.85. The van der Waals surface area contributed by atoms with Crippen molar-refractivity contribution >= 4 is 39.2 Å². The smallest absolute Gasteiger partial charge is 0.263 e. The summed E-state index contributed by atoms with van der Waals surface area (Å²) in [6, 6.07) is 1.84. The maximum atomic E-state index is 12.7. The van der Waals surface area contributed by atoms with Crippen LogP contribution in [0.1, 0.15) is 18.7 Å². The summed E-state index contributed by atoms with van der Waals surface area (Å²) in [7, 11) is 1.59. The fourth-order valence-electron chi connectivity index (χ4n) is 2.36. The summed E-state index contributed by atoms with van der Waals surface area (Å²) in [5, 5.41) is 4.02. The fourth-order valence-corrected chi connectivity index (χ4v) is 4.19. The van der Waals surface area contributed by atoms with Gasteiger partial charge in [0.2, 0.25) is 5.91 Å². The molecule has 0 spiro atoms. The first-order chi connectivity index (χ1) is 12.0. The maximum Gasteiger partial charge on any atom is 0.263 e. The van der Waals surface area contributed by atoms with E-state index >= 15 is 0 Å². The Kier molecular flexibility index (Phi) is 7.22. The summed E-state index contributed by atoms with van der Waals surface area (Å²) in [5.74, 6) is 0.0734. The van der Waals surface area contributed by atoms with Crippen LogP contribution in [0.4, 0.5) is 0 Å². The molecule has 2 aromatic rings. The number of thioether (sulfide) groups is 1. The minimum Gasteiger partial charge on any atom is -0.383 e. The van der Waals surface area contributed by atoms with Crippen molar-refractivity contribution in [3.8, 4) is 0 Å². The van der Waals surface area contributed by atoms with E-state index in [1.54, 1.807) is 17.8 Å². The predicted octanol–water partition coefficient (Wildman–Crippen LogP) is 2.45. The van der Waals surface area contributed by atoms with E-state index in [0.717, 1.165) is 16.1 Å². The molecule has 1 amide bonds. The molecule has 0 aliphatic carbocycles. The number of hydrogen-bond donors (Lipinski definition) is 1. The van der Waals surface area contributed by atoms with Crippen LogP contribution >= 0.6 is 23.1 Å². The van der Waals surface area contributed by atoms with E-state index in [1.807, 2.05) is 19.9 Å². The van der Waals surface area contributed by atoms with Crippen molar-refractivity contribution in [3.05, 3.63) is 34.0 Å². The van der Waals surface area contributed by atoms with E-state index in [9.17, 15) is 9.59 Å². The lowest BCUT2D eigenvalue weighted by atomic mass is 10.3. The van der Waals surface area contributed by atoms with Crippen LogP contribution in [0.3, 0.4) is 0 Å². The molecule has 25 heavy (non-hydrogen) atoms. The molecule has 0 aliphatic rings. The summed E-state index contributed by atoms with van der Waals surface area (Å²) in [5.41, 5.74) is -0.0866. The highest BCUT2D eigenvalue weighted by Crippen LogP contribution is 2.25. The molecule has 1 N–H and O–H groups in total. The number of nitrogens with zero attached hydrogens (tertiary/aromatic N) is 2. The molecule has 2 aromatic heterocycles. The third kappa shape index (κ3) is 4.93. The van der Waals surface area contributed by atoms with Crippen LogP contribution in [-0.2, 0) is 22.5 Å². The van der Waals surface area contributed by atoms with Crippen molar-refractivity contribution in [1.82, 2.24) is 14.9 Å². The third-order valence-corrected chi connectivity index (χ3v) is 5.63. The number of carbonyl (C=O) groups is 1. The van der Waals surface area contributed by atoms with Crippen molar-refractivity contribution in [1.29, 1.82) is 0 Å². The molecule has 2 rings (SSSR count). The average molecular weight is 382 g/mol. The molecule has 1 atom stereocenters. The van der Waals surface area contributed by atoms with Crippen molar-refractivity contribution in [2.75, 3.05) is 19.5 Å². The zero-order valence-electron chi connectivity index (χ0n) is 14.7. The predicted molar refractivity (Wildman–Crippen MR) is 104 cm³/mol. The summed E-state index contributed by atoms with van der Waals surface area (Å²) in [4.78, 5) is 31.2. The van der Waals surface area contributed by atoms with Crippen LogP contribution in [0.15, 0.2) is 28.7 Å². The van der Waals surface area contributed by atoms with Crippen LogP contribution in [0.5, 0.6) is 0 Å². The Morgan fingerprint density at radius 3 is 3.00 bits per heavy atom. The first-order valence-electron chi connectivity index (χ1n) is 8.05. The number of rotatable bonds is 9. The number of thiophene rings is 1. The maximum absolute atomic E-state index is 12.7. The van der Waals surface area contributed by atoms with Gasteiger partial charge in [0.25, 0.3) is 5.56 Å². The average Bonchev–Trinajstić information content (AvgIpc) is 2.99. The first kappa shape index (κ1) is 19.7. The number of methoxy groups -OCH3 is 1. The number of fused-ring (bicyclic) bond motifs is 1. The number of allylic oxidation sites excluding steroid dienone is 1. The highest BCUT2D eigenvalue weighted by atomic mass is 32.2. The number of ether oxygens (including phenoxy) is 1. The lowest BCUT2D eigenvalue weighted by molar-refractivity contribution is -0.119. The van der Waals surface area contributed by atoms with Crippen molar-refractivity contribution in [2.24, 2.45) is 0 Å². The van der Waals surface area contributed by atoms with Gasteiger partial charge in [-0.15, -0.1) is 17.9 Å². The van der Waals surface area contributed by atoms with Crippen LogP contribution in [-0.4, -0.2) is 41.0 Å². The summed E-state index contributed by atoms with van der Waals surface area (Å²) < 4.78 is 6.57. The van der Waals surface area contributed by atoms with Crippen LogP contribution in [0.2, 0.25) is 0 Å². The van der Waals surface area contributed by atoms with Gasteiger partial charge in [-0.05, 0) is 19.4 Å². The van der Waals surface area contributed by atoms with Gasteiger partial charge in [0.05, 0.1) is 17.7 Å². The normalized spacial score (nSPS) is 12.3. The molecule has 0 unspecified atom stereocenters. The van der Waals surface area contributed by atoms with Gasteiger partial charge in [0, 0.05) is 24.6 Å². The van der Waals surface area contributed by atoms with Crippen LogP contribution in [0.25, 0.3) is 10.2 Å². The van der Waals surface area contributed by atoms with Gasteiger partial charge in [-0.2, -0.15) is 0 Å². The Bertz CT molecular complexity index is 813. The number of aromatic nitrogens is 2. The molecule has 2 heterocycles. The topological polar surface area (TPSA) is 73.2 Å². The Morgan fingerprint density at radius 1 is 1.60 bits per heavy atom. The Hall–Kier alpha value is -1.64. The Morgan fingerprint density at radius 2 is 2.36 bits per heavy atom. The summed E-state index contributed by atoms with van der Waals surface area (Å²) >= 11 is 2.78. The van der Waals surface area contributed by atoms with Crippen LogP contribution < -0.4 is 10.9 Å². The molecule has 0 fully saturated rings. The fraction of sp³-hybridized carbons (Fsp3) is 0.471. The van der Waals surface area contributed by atoms with Gasteiger partial charge in [-0.3, -0.25) is 14.2 Å². The molecule has 0 saturated heterocycles. The van der Waals surface area contributed by atoms with E-state index in [-0.39, 0.29) is 23.3 Å². The minimum absolute atomic E-state index is 0.0617. The molecular formula is C17H23N3O3S2. The largest absolute Gasteiger partial charge is 0.383 e. The van der Waals surface area contributed by atoms with Crippen LogP contribution in [0, 0.1) is 0 Å². The Labute approximate surface area is 155 Å². The van der Waals surface area contributed by atoms with E-state index in [4.69, 9.17) is 4.74 Å². The number of nitrogens with one attached hydrogen (secondary N) is 1. The van der Waals surface area contributed by atoms with Gasteiger partial charge in [-0.25, -0.2) is 4.98 Å². The highest BCUT2D eigenvalue weighted by Gasteiger charge is 2.15. The molecule has 0 saturated carbocycles. The van der Waals surface area contributed by atoms with Gasteiger partial charge in [0.1, 0.15) is 4.83 Å².